The van der Waals surface area contributed by atoms with Gasteiger partial charge in [0.2, 0.25) is 0 Å². The number of nitrogens with zero attached hydrogens (tertiary/aromatic N) is 1. The van der Waals surface area contributed by atoms with E-state index in [0.29, 0.717) is 5.92 Å². The largest absolute Gasteiger partial charge is 0.351 e. The third-order valence-corrected chi connectivity index (χ3v) is 5.38. The van der Waals surface area contributed by atoms with Gasteiger partial charge in [-0.2, -0.15) is 0 Å². The molecule has 0 amide bonds. The fourth-order valence-electron chi connectivity index (χ4n) is 2.74. The first-order chi connectivity index (χ1) is 8.66. The number of hydrogen-bond donors (Lipinski definition) is 0. The first-order valence-corrected chi connectivity index (χ1v) is 7.50. The summed E-state index contributed by atoms with van der Waals surface area (Å²) in [7, 11) is 0. The second-order valence-electron chi connectivity index (χ2n) is 5.22. The van der Waals surface area contributed by atoms with Gasteiger partial charge in [-0.05, 0) is 43.5 Å². The number of thioether (sulfide) groups is 1. The molecule has 0 radical (unpaired) electrons. The number of rotatable bonds is 2. The Bertz CT molecular complexity index is 583. The smallest absolute Gasteiger partial charge is 0.0299 e. The lowest BCUT2D eigenvalue weighted by atomic mass is 10.0. The summed E-state index contributed by atoms with van der Waals surface area (Å²) < 4.78 is 2.43. The molecule has 3 rings (SSSR count). The predicted octanol–water partition coefficient (Wildman–Crippen LogP) is 4.30. The van der Waals surface area contributed by atoms with E-state index in [1.807, 2.05) is 11.8 Å². The minimum Gasteiger partial charge on any atom is -0.351 e. The SMILES string of the molecule is Cc1cn(CC2CSc3ccccc32)c(C)c1C. The van der Waals surface area contributed by atoms with Crippen LogP contribution in [0.5, 0.6) is 0 Å². The molecule has 1 atom stereocenters. The number of aromatic nitrogens is 1. The van der Waals surface area contributed by atoms with Crippen molar-refractivity contribution in [1.29, 1.82) is 0 Å². The maximum atomic E-state index is 2.43. The minimum atomic E-state index is 0.663. The summed E-state index contributed by atoms with van der Waals surface area (Å²) in [6, 6.07) is 8.84. The van der Waals surface area contributed by atoms with E-state index in [0.717, 1.165) is 6.54 Å². The molecular weight excluding hydrogens is 238 g/mol. The molecule has 2 heterocycles. The number of hydrogen-bond acceptors (Lipinski definition) is 1. The van der Waals surface area contributed by atoms with Gasteiger partial charge in [-0.15, -0.1) is 11.8 Å². The molecule has 18 heavy (non-hydrogen) atoms. The average molecular weight is 257 g/mol. The summed E-state index contributed by atoms with van der Waals surface area (Å²) in [5.74, 6) is 1.88. The van der Waals surface area contributed by atoms with Crippen LogP contribution in [0.4, 0.5) is 0 Å². The molecule has 2 heteroatoms. The van der Waals surface area contributed by atoms with Crippen LogP contribution in [0.25, 0.3) is 0 Å². The highest BCUT2D eigenvalue weighted by molar-refractivity contribution is 7.99. The van der Waals surface area contributed by atoms with Gasteiger partial charge in [0, 0.05) is 35.0 Å². The lowest BCUT2D eigenvalue weighted by Crippen LogP contribution is -2.09. The van der Waals surface area contributed by atoms with Crippen molar-refractivity contribution in [2.24, 2.45) is 0 Å². The third-order valence-electron chi connectivity index (χ3n) is 4.13. The Labute approximate surface area is 113 Å². The van der Waals surface area contributed by atoms with Crippen molar-refractivity contribution in [3.8, 4) is 0 Å². The molecule has 0 spiro atoms. The van der Waals surface area contributed by atoms with E-state index in [2.05, 4.69) is 55.8 Å². The second-order valence-corrected chi connectivity index (χ2v) is 6.28. The number of benzene rings is 1. The van der Waals surface area contributed by atoms with Crippen LogP contribution in [-0.2, 0) is 6.54 Å². The van der Waals surface area contributed by atoms with Gasteiger partial charge in [-0.25, -0.2) is 0 Å². The molecule has 0 aliphatic carbocycles. The summed E-state index contributed by atoms with van der Waals surface area (Å²) >= 11 is 2.00. The highest BCUT2D eigenvalue weighted by Gasteiger charge is 2.23. The van der Waals surface area contributed by atoms with E-state index in [-0.39, 0.29) is 0 Å². The first-order valence-electron chi connectivity index (χ1n) is 6.51. The zero-order valence-electron chi connectivity index (χ0n) is 11.2. The lowest BCUT2D eigenvalue weighted by Gasteiger charge is -2.13. The van der Waals surface area contributed by atoms with Crippen LogP contribution in [0.15, 0.2) is 35.4 Å². The van der Waals surface area contributed by atoms with Gasteiger partial charge in [-0.1, -0.05) is 18.2 Å². The zero-order valence-corrected chi connectivity index (χ0v) is 12.1. The van der Waals surface area contributed by atoms with Crippen molar-refractivity contribution in [1.82, 2.24) is 4.57 Å². The lowest BCUT2D eigenvalue weighted by molar-refractivity contribution is 0.595. The van der Waals surface area contributed by atoms with Crippen molar-refractivity contribution in [3.05, 3.63) is 52.8 Å². The number of aryl methyl sites for hydroxylation is 1. The molecule has 0 fully saturated rings. The normalized spacial score (nSPS) is 18.1. The summed E-state index contributed by atoms with van der Waals surface area (Å²) in [5.41, 5.74) is 5.80. The van der Waals surface area contributed by atoms with Crippen molar-refractivity contribution in [3.63, 3.8) is 0 Å². The van der Waals surface area contributed by atoms with Crippen molar-refractivity contribution >= 4 is 11.8 Å². The van der Waals surface area contributed by atoms with Crippen LogP contribution in [-0.4, -0.2) is 10.3 Å². The second kappa shape index (κ2) is 4.51. The summed E-state index contributed by atoms with van der Waals surface area (Å²) in [6.07, 6.45) is 2.30. The molecule has 1 aromatic carbocycles. The van der Waals surface area contributed by atoms with Gasteiger partial charge in [0.25, 0.3) is 0 Å². The Kier molecular flexibility index (Phi) is 2.98. The minimum absolute atomic E-state index is 0.663. The van der Waals surface area contributed by atoms with E-state index >= 15 is 0 Å². The van der Waals surface area contributed by atoms with Crippen LogP contribution in [0, 0.1) is 20.8 Å². The molecule has 0 saturated heterocycles. The fraction of sp³-hybridized carbons (Fsp3) is 0.375. The van der Waals surface area contributed by atoms with Crippen molar-refractivity contribution in [2.75, 3.05) is 5.75 Å². The van der Waals surface area contributed by atoms with Gasteiger partial charge in [0.05, 0.1) is 0 Å². The molecular formula is C16H19NS. The van der Waals surface area contributed by atoms with E-state index in [9.17, 15) is 0 Å². The fourth-order valence-corrected chi connectivity index (χ4v) is 3.98. The summed E-state index contributed by atoms with van der Waals surface area (Å²) in [5, 5.41) is 0. The standard InChI is InChI=1S/C16H19NS/c1-11-8-17(13(3)12(11)2)9-14-10-18-16-7-5-4-6-15(14)16/h4-8,14H,9-10H2,1-3H3. The van der Waals surface area contributed by atoms with E-state index in [1.54, 1.807) is 0 Å². The molecule has 1 aliphatic rings. The van der Waals surface area contributed by atoms with E-state index in [4.69, 9.17) is 0 Å². The third kappa shape index (κ3) is 1.89. The average Bonchev–Trinajstić information content (AvgIpc) is 2.89. The summed E-state index contributed by atoms with van der Waals surface area (Å²) in [6.45, 7) is 7.77. The maximum Gasteiger partial charge on any atom is 0.0299 e. The molecule has 1 unspecified atom stereocenters. The Morgan fingerprint density at radius 2 is 2.00 bits per heavy atom. The van der Waals surface area contributed by atoms with Gasteiger partial charge in [0.15, 0.2) is 0 Å². The van der Waals surface area contributed by atoms with Gasteiger partial charge in [-0.3, -0.25) is 0 Å². The van der Waals surface area contributed by atoms with Crippen LogP contribution in [0.3, 0.4) is 0 Å². The monoisotopic (exact) mass is 257 g/mol. The van der Waals surface area contributed by atoms with Crippen molar-refractivity contribution < 1.29 is 0 Å². The maximum absolute atomic E-state index is 2.43. The van der Waals surface area contributed by atoms with Crippen LogP contribution < -0.4 is 0 Å². The molecule has 94 valence electrons. The quantitative estimate of drug-likeness (QED) is 0.776. The van der Waals surface area contributed by atoms with Gasteiger partial charge in [0.1, 0.15) is 0 Å². The van der Waals surface area contributed by atoms with Gasteiger partial charge >= 0.3 is 0 Å². The Balaban J connectivity index is 1.88. The van der Waals surface area contributed by atoms with Crippen molar-refractivity contribution in [2.45, 2.75) is 38.1 Å². The molecule has 0 bridgehead atoms. The van der Waals surface area contributed by atoms with E-state index in [1.165, 1.54) is 33.0 Å². The van der Waals surface area contributed by atoms with Crippen LogP contribution in [0.2, 0.25) is 0 Å². The highest BCUT2D eigenvalue weighted by atomic mass is 32.2. The zero-order chi connectivity index (χ0) is 12.7. The molecule has 0 saturated carbocycles. The molecule has 1 aliphatic heterocycles. The Morgan fingerprint density at radius 1 is 1.22 bits per heavy atom. The van der Waals surface area contributed by atoms with Crippen LogP contribution in [0.1, 0.15) is 28.3 Å². The predicted molar refractivity (Wildman–Crippen MR) is 78.6 cm³/mol. The Morgan fingerprint density at radius 3 is 2.72 bits per heavy atom. The molecule has 1 nitrogen and oxygen atoms in total. The highest BCUT2D eigenvalue weighted by Crippen LogP contribution is 2.40. The summed E-state index contributed by atoms with van der Waals surface area (Å²) in [4.78, 5) is 1.47. The van der Waals surface area contributed by atoms with E-state index < -0.39 is 0 Å². The Hall–Kier alpha value is -1.15. The topological polar surface area (TPSA) is 4.93 Å². The molecule has 0 N–H and O–H groups in total. The van der Waals surface area contributed by atoms with Crippen LogP contribution >= 0.6 is 11.8 Å². The molecule has 1 aromatic heterocycles. The number of fused-ring (bicyclic) bond motifs is 1. The molecule has 2 aromatic rings. The first kappa shape index (κ1) is 11.9. The van der Waals surface area contributed by atoms with Gasteiger partial charge < -0.3 is 4.57 Å².